The van der Waals surface area contributed by atoms with E-state index in [9.17, 15) is 19.5 Å². The minimum atomic E-state index is -0.991. The normalized spacial score (nSPS) is 18.1. The van der Waals surface area contributed by atoms with Gasteiger partial charge in [0.1, 0.15) is 5.82 Å². The summed E-state index contributed by atoms with van der Waals surface area (Å²) >= 11 is 1.57. The summed E-state index contributed by atoms with van der Waals surface area (Å²) in [6.07, 6.45) is 4.08. The van der Waals surface area contributed by atoms with Crippen LogP contribution in [0.3, 0.4) is 0 Å². The number of pyridine rings is 1. The second-order valence-electron chi connectivity index (χ2n) is 9.56. The zero-order chi connectivity index (χ0) is 25.1. The number of carboxylic acid groups (broad SMARTS) is 1. The highest BCUT2D eigenvalue weighted by Crippen LogP contribution is 2.27. The average Bonchev–Trinajstić information content (AvgIpc) is 3.48. The number of carbonyl (C=O) groups is 3. The third kappa shape index (κ3) is 5.51. The fraction of sp³-hybridized carbons (Fsp3) is 0.407. The lowest BCUT2D eigenvalue weighted by Gasteiger charge is -2.21. The average molecular weight is 507 g/mol. The lowest BCUT2D eigenvalue weighted by atomic mass is 9.99. The Morgan fingerprint density at radius 1 is 1.25 bits per heavy atom. The summed E-state index contributed by atoms with van der Waals surface area (Å²) in [6.45, 7) is 1.41. The van der Waals surface area contributed by atoms with Gasteiger partial charge in [-0.15, -0.1) is 11.3 Å². The first kappa shape index (κ1) is 24.2. The summed E-state index contributed by atoms with van der Waals surface area (Å²) in [5.41, 5.74) is 2.97. The monoisotopic (exact) mass is 506 g/mol. The summed E-state index contributed by atoms with van der Waals surface area (Å²) in [5, 5.41) is 18.6. The molecule has 0 saturated carbocycles. The van der Waals surface area contributed by atoms with Crippen molar-refractivity contribution in [2.45, 2.75) is 44.6 Å². The highest BCUT2D eigenvalue weighted by molar-refractivity contribution is 7.17. The molecule has 2 atom stereocenters. The van der Waals surface area contributed by atoms with E-state index in [4.69, 9.17) is 4.98 Å². The van der Waals surface area contributed by atoms with Crippen LogP contribution >= 0.6 is 11.3 Å². The fourth-order valence-electron chi connectivity index (χ4n) is 5.09. The first-order valence-corrected chi connectivity index (χ1v) is 13.3. The van der Waals surface area contributed by atoms with Crippen LogP contribution < -0.4 is 10.6 Å². The second-order valence-corrected chi connectivity index (χ2v) is 10.5. The summed E-state index contributed by atoms with van der Waals surface area (Å²) in [6, 6.07) is 11.2. The molecule has 4 heterocycles. The number of aliphatic carboxylic acids is 1. The number of thiophene rings is 1. The molecular formula is C27H30N4O4S. The molecule has 36 heavy (non-hydrogen) atoms. The Hall–Kier alpha value is -3.46. The number of amides is 2. The predicted molar refractivity (Wildman–Crippen MR) is 139 cm³/mol. The van der Waals surface area contributed by atoms with Crippen LogP contribution in [0.4, 0.5) is 5.82 Å². The topological polar surface area (TPSA) is 112 Å². The van der Waals surface area contributed by atoms with Gasteiger partial charge in [0.2, 0.25) is 11.8 Å². The van der Waals surface area contributed by atoms with E-state index >= 15 is 0 Å². The third-order valence-electron chi connectivity index (χ3n) is 7.04. The molecule has 9 heteroatoms. The maximum absolute atomic E-state index is 13.0. The fourth-order valence-corrected chi connectivity index (χ4v) is 5.92. The van der Waals surface area contributed by atoms with E-state index in [0.29, 0.717) is 19.4 Å². The number of aryl methyl sites for hydroxylation is 2. The van der Waals surface area contributed by atoms with Crippen molar-refractivity contribution in [1.29, 1.82) is 0 Å². The van der Waals surface area contributed by atoms with Gasteiger partial charge in [0.15, 0.2) is 0 Å². The van der Waals surface area contributed by atoms with Crippen LogP contribution in [0.2, 0.25) is 0 Å². The summed E-state index contributed by atoms with van der Waals surface area (Å²) < 4.78 is 1.04. The van der Waals surface area contributed by atoms with Gasteiger partial charge < -0.3 is 20.6 Å². The maximum atomic E-state index is 13.0. The predicted octanol–water partition coefficient (Wildman–Crippen LogP) is 3.77. The number of rotatable bonds is 9. The largest absolute Gasteiger partial charge is 0.481 e. The zero-order valence-corrected chi connectivity index (χ0v) is 20.9. The van der Waals surface area contributed by atoms with Crippen LogP contribution in [0.5, 0.6) is 0 Å². The smallest absolute Gasteiger partial charge is 0.305 e. The van der Waals surface area contributed by atoms with E-state index in [2.05, 4.69) is 16.7 Å². The van der Waals surface area contributed by atoms with Crippen LogP contribution in [-0.2, 0) is 27.2 Å². The highest BCUT2D eigenvalue weighted by Gasteiger charge is 2.33. The summed E-state index contributed by atoms with van der Waals surface area (Å²) in [7, 11) is 0. The van der Waals surface area contributed by atoms with Crippen molar-refractivity contribution in [2.24, 2.45) is 5.92 Å². The number of anilines is 1. The molecule has 8 nitrogen and oxygen atoms in total. The van der Waals surface area contributed by atoms with E-state index in [1.165, 1.54) is 5.56 Å². The molecule has 2 aromatic heterocycles. The molecule has 0 spiro atoms. The van der Waals surface area contributed by atoms with E-state index in [0.717, 1.165) is 53.0 Å². The summed E-state index contributed by atoms with van der Waals surface area (Å²) in [5.74, 6) is -0.515. The summed E-state index contributed by atoms with van der Waals surface area (Å²) in [4.78, 5) is 43.6. The Morgan fingerprint density at radius 2 is 2.14 bits per heavy atom. The number of likely N-dealkylation sites (tertiary alicyclic amines) is 1. The first-order valence-electron chi connectivity index (χ1n) is 12.5. The molecule has 2 aliphatic rings. The SMILES string of the molecule is O=C(O)C[C@H](NC(=O)CN1CC[C@H](CCc2ccc3c(n2)NCCC3)C1=O)c1ccc2ccsc2c1. The number of fused-ring (bicyclic) bond motifs is 2. The molecule has 188 valence electrons. The van der Waals surface area contributed by atoms with Crippen LogP contribution in [0.25, 0.3) is 10.1 Å². The van der Waals surface area contributed by atoms with Crippen molar-refractivity contribution in [3.63, 3.8) is 0 Å². The number of nitrogens with zero attached hydrogens (tertiary/aromatic N) is 2. The Labute approximate surface area is 213 Å². The molecule has 0 aliphatic carbocycles. The van der Waals surface area contributed by atoms with Crippen LogP contribution in [-0.4, -0.2) is 52.4 Å². The number of carboxylic acids is 1. The molecule has 2 amide bonds. The van der Waals surface area contributed by atoms with Gasteiger partial charge in [-0.3, -0.25) is 14.4 Å². The maximum Gasteiger partial charge on any atom is 0.305 e. The minimum absolute atomic E-state index is 0.0176. The number of hydrogen-bond donors (Lipinski definition) is 3. The van der Waals surface area contributed by atoms with E-state index < -0.39 is 12.0 Å². The van der Waals surface area contributed by atoms with Crippen LogP contribution in [0.1, 0.15) is 48.5 Å². The Bertz CT molecular complexity index is 1290. The number of nitrogens with one attached hydrogen (secondary N) is 2. The standard InChI is InChI=1S/C27H30N4O4S/c32-24(30-22(15-25(33)34)20-4-3-17-10-13-36-23(17)14-20)16-31-12-9-19(27(31)35)6-8-21-7-5-18-2-1-11-28-26(18)29-21/h3-5,7,10,13-14,19,22H,1-2,6,8-9,11-12,15-16H2,(H,28,29)(H,30,32)(H,33,34)/t19-,22-/m0/s1. The molecule has 0 bridgehead atoms. The molecule has 1 aromatic carbocycles. The minimum Gasteiger partial charge on any atom is -0.481 e. The van der Waals surface area contributed by atoms with Gasteiger partial charge in [0.05, 0.1) is 19.0 Å². The van der Waals surface area contributed by atoms with Gasteiger partial charge in [-0.25, -0.2) is 4.98 Å². The molecule has 0 unspecified atom stereocenters. The highest BCUT2D eigenvalue weighted by atomic mass is 32.1. The van der Waals surface area contributed by atoms with Crippen molar-refractivity contribution >= 4 is 45.0 Å². The van der Waals surface area contributed by atoms with Crippen LogP contribution in [0.15, 0.2) is 41.8 Å². The number of carbonyl (C=O) groups excluding carboxylic acids is 2. The molecular weight excluding hydrogens is 476 g/mol. The van der Waals surface area contributed by atoms with Gasteiger partial charge in [-0.05, 0) is 72.2 Å². The quantitative estimate of drug-likeness (QED) is 0.407. The van der Waals surface area contributed by atoms with Crippen molar-refractivity contribution in [3.05, 3.63) is 58.6 Å². The molecule has 1 saturated heterocycles. The van der Waals surface area contributed by atoms with E-state index in [-0.39, 0.29) is 30.7 Å². The zero-order valence-electron chi connectivity index (χ0n) is 20.0. The van der Waals surface area contributed by atoms with Gasteiger partial charge in [-0.2, -0.15) is 0 Å². The molecule has 2 aliphatic heterocycles. The number of benzene rings is 1. The van der Waals surface area contributed by atoms with Gasteiger partial charge in [0, 0.05) is 29.4 Å². The lowest BCUT2D eigenvalue weighted by Crippen LogP contribution is -2.40. The van der Waals surface area contributed by atoms with Gasteiger partial charge in [0.25, 0.3) is 0 Å². The Balaban J connectivity index is 1.16. The van der Waals surface area contributed by atoms with Gasteiger partial charge in [-0.1, -0.05) is 18.2 Å². The number of aromatic nitrogens is 1. The first-order chi connectivity index (χ1) is 17.5. The molecule has 5 rings (SSSR count). The lowest BCUT2D eigenvalue weighted by molar-refractivity contribution is -0.138. The third-order valence-corrected chi connectivity index (χ3v) is 7.92. The van der Waals surface area contributed by atoms with Crippen LogP contribution in [0, 0.1) is 5.92 Å². The van der Waals surface area contributed by atoms with E-state index in [1.54, 1.807) is 16.2 Å². The molecule has 3 aromatic rings. The van der Waals surface area contributed by atoms with Crippen molar-refractivity contribution in [3.8, 4) is 0 Å². The van der Waals surface area contributed by atoms with Gasteiger partial charge >= 0.3 is 5.97 Å². The molecule has 3 N–H and O–H groups in total. The van der Waals surface area contributed by atoms with E-state index in [1.807, 2.05) is 35.7 Å². The second kappa shape index (κ2) is 10.7. The van der Waals surface area contributed by atoms with Crippen molar-refractivity contribution in [2.75, 3.05) is 25.0 Å². The number of hydrogen-bond acceptors (Lipinski definition) is 6. The van der Waals surface area contributed by atoms with Crippen molar-refractivity contribution < 1.29 is 19.5 Å². The van der Waals surface area contributed by atoms with Crippen molar-refractivity contribution in [1.82, 2.24) is 15.2 Å². The Morgan fingerprint density at radius 3 is 3.00 bits per heavy atom. The Kier molecular flexibility index (Phi) is 7.18. The molecule has 0 radical (unpaired) electrons. The molecule has 1 fully saturated rings.